The van der Waals surface area contributed by atoms with Gasteiger partial charge in [0, 0.05) is 41.4 Å². The first-order valence-corrected chi connectivity index (χ1v) is 3.77. The molecule has 0 aromatic heterocycles. The number of hydrogen-bond acceptors (Lipinski definition) is 3. The Morgan fingerprint density at radius 3 is 1.92 bits per heavy atom. The minimum atomic E-state index is -0.00523. The minimum absolute atomic E-state index is 0.00523. The normalized spacial score (nSPS) is 10.9. The van der Waals surface area contributed by atoms with Crippen molar-refractivity contribution in [3.63, 3.8) is 0 Å². The van der Waals surface area contributed by atoms with Crippen molar-refractivity contribution in [1.29, 1.82) is 0 Å². The highest BCUT2D eigenvalue weighted by atomic mass is 16.2. The van der Waals surface area contributed by atoms with Crippen LogP contribution in [0.3, 0.4) is 0 Å². The second-order valence-corrected chi connectivity index (χ2v) is 2.91. The topological polar surface area (TPSA) is 35.6 Å². The third kappa shape index (κ3) is 2.82. The number of carbonyl (C=O) groups excluding carboxylic acids is 1. The van der Waals surface area contributed by atoms with Gasteiger partial charge < -0.3 is 15.1 Å². The summed E-state index contributed by atoms with van der Waals surface area (Å²) in [5.74, 6) is -0.00523. The van der Waals surface area contributed by atoms with Gasteiger partial charge >= 0.3 is 0 Å². The van der Waals surface area contributed by atoms with Crippen LogP contribution in [0.1, 0.15) is 0 Å². The Balaban J connectivity index is 4.53. The van der Waals surface area contributed by atoms with E-state index in [1.165, 1.54) is 0 Å². The zero-order valence-electron chi connectivity index (χ0n) is 8.38. The largest absolute Gasteiger partial charge is 0.392 e. The predicted molar refractivity (Wildman–Crippen MR) is 49.5 cm³/mol. The van der Waals surface area contributed by atoms with Gasteiger partial charge in [-0.1, -0.05) is 0 Å². The van der Waals surface area contributed by atoms with Gasteiger partial charge in [-0.05, 0) is 0 Å². The van der Waals surface area contributed by atoms with E-state index in [1.54, 1.807) is 37.1 Å². The van der Waals surface area contributed by atoms with Crippen molar-refractivity contribution in [3.05, 3.63) is 11.9 Å². The summed E-state index contributed by atoms with van der Waals surface area (Å²) in [5.41, 5.74) is 0.641. The lowest BCUT2D eigenvalue weighted by atomic mass is 10.4. The minimum Gasteiger partial charge on any atom is -0.392 e. The van der Waals surface area contributed by atoms with Crippen LogP contribution in [0, 0.1) is 0 Å². The third-order valence-corrected chi connectivity index (χ3v) is 1.39. The average molecular weight is 171 g/mol. The number of likely N-dealkylation sites (N-methyl/N-ethyl adjacent to an activating group) is 2. The fourth-order valence-electron chi connectivity index (χ4n) is 0.748. The molecule has 12 heavy (non-hydrogen) atoms. The van der Waals surface area contributed by atoms with Crippen LogP contribution in [-0.4, -0.2) is 50.9 Å². The van der Waals surface area contributed by atoms with Gasteiger partial charge in [0.05, 0.1) is 0 Å². The molecule has 0 aromatic carbocycles. The first kappa shape index (κ1) is 10.8. The molecule has 0 aliphatic heterocycles. The predicted octanol–water partition coefficient (Wildman–Crippen LogP) is -0.303. The van der Waals surface area contributed by atoms with Gasteiger partial charge in [0.2, 0.25) is 0 Å². The Labute approximate surface area is 73.8 Å². The van der Waals surface area contributed by atoms with Crippen molar-refractivity contribution in [2.24, 2.45) is 0 Å². The molecule has 4 heteroatoms. The fourth-order valence-corrected chi connectivity index (χ4v) is 0.748. The highest BCUT2D eigenvalue weighted by Crippen LogP contribution is 2.00. The molecule has 0 saturated carbocycles. The molecule has 0 unspecified atom stereocenters. The third-order valence-electron chi connectivity index (χ3n) is 1.39. The molecule has 0 heterocycles. The number of rotatable bonds is 3. The molecule has 0 aliphatic rings. The molecular weight excluding hydrogens is 154 g/mol. The summed E-state index contributed by atoms with van der Waals surface area (Å²) in [6.45, 7) is 0. The standard InChI is InChI=1S/C8H17N3O/c1-9-6-7(10(2)3)8(12)11(4)5/h6,9H,1-5H3/b7-6-. The Kier molecular flexibility index (Phi) is 4.18. The smallest absolute Gasteiger partial charge is 0.271 e. The summed E-state index contributed by atoms with van der Waals surface area (Å²) < 4.78 is 0. The van der Waals surface area contributed by atoms with Crippen molar-refractivity contribution >= 4 is 5.91 Å². The second-order valence-electron chi connectivity index (χ2n) is 2.91. The van der Waals surface area contributed by atoms with Crippen molar-refractivity contribution in [1.82, 2.24) is 15.1 Å². The maximum Gasteiger partial charge on any atom is 0.271 e. The Morgan fingerprint density at radius 2 is 1.67 bits per heavy atom. The molecule has 0 atom stereocenters. The van der Waals surface area contributed by atoms with Crippen LogP contribution < -0.4 is 5.32 Å². The van der Waals surface area contributed by atoms with E-state index in [2.05, 4.69) is 5.32 Å². The molecule has 0 bridgehead atoms. The SMILES string of the molecule is CN/C=C(/C(=O)N(C)C)N(C)C. The molecule has 0 spiro atoms. The average Bonchev–Trinajstić information content (AvgIpc) is 1.98. The van der Waals surface area contributed by atoms with E-state index < -0.39 is 0 Å². The van der Waals surface area contributed by atoms with E-state index >= 15 is 0 Å². The van der Waals surface area contributed by atoms with Gasteiger partial charge in [-0.2, -0.15) is 0 Å². The summed E-state index contributed by atoms with van der Waals surface area (Å²) in [5, 5.41) is 2.83. The zero-order valence-corrected chi connectivity index (χ0v) is 8.38. The van der Waals surface area contributed by atoms with Crippen LogP contribution in [0.5, 0.6) is 0 Å². The lowest BCUT2D eigenvalue weighted by Gasteiger charge is -2.19. The lowest BCUT2D eigenvalue weighted by molar-refractivity contribution is -0.126. The van der Waals surface area contributed by atoms with Crippen LogP contribution in [0.25, 0.3) is 0 Å². The Hall–Kier alpha value is -1.19. The maximum absolute atomic E-state index is 11.5. The first-order valence-electron chi connectivity index (χ1n) is 3.77. The van der Waals surface area contributed by atoms with E-state index in [4.69, 9.17) is 0 Å². The maximum atomic E-state index is 11.5. The summed E-state index contributed by atoms with van der Waals surface area (Å²) in [6, 6.07) is 0. The Morgan fingerprint density at radius 1 is 1.17 bits per heavy atom. The van der Waals surface area contributed by atoms with Crippen LogP contribution >= 0.6 is 0 Å². The van der Waals surface area contributed by atoms with Gasteiger partial charge in [0.15, 0.2) is 0 Å². The number of hydrogen-bond donors (Lipinski definition) is 1. The monoisotopic (exact) mass is 171 g/mol. The number of carbonyl (C=O) groups is 1. The van der Waals surface area contributed by atoms with E-state index in [0.717, 1.165) is 0 Å². The molecule has 0 saturated heterocycles. The molecule has 1 amide bonds. The van der Waals surface area contributed by atoms with E-state index in [0.29, 0.717) is 5.70 Å². The fraction of sp³-hybridized carbons (Fsp3) is 0.625. The zero-order chi connectivity index (χ0) is 9.72. The van der Waals surface area contributed by atoms with Gasteiger partial charge in [-0.15, -0.1) is 0 Å². The first-order chi connectivity index (χ1) is 5.50. The number of nitrogens with zero attached hydrogens (tertiary/aromatic N) is 2. The summed E-state index contributed by atoms with van der Waals surface area (Å²) in [6.07, 6.45) is 1.68. The Bertz CT molecular complexity index is 185. The molecule has 0 rings (SSSR count). The van der Waals surface area contributed by atoms with Crippen molar-refractivity contribution in [3.8, 4) is 0 Å². The van der Waals surface area contributed by atoms with Gasteiger partial charge in [-0.25, -0.2) is 0 Å². The molecule has 1 N–H and O–H groups in total. The van der Waals surface area contributed by atoms with Gasteiger partial charge in [-0.3, -0.25) is 4.79 Å². The molecule has 0 aromatic rings. The van der Waals surface area contributed by atoms with Crippen LogP contribution in [0.2, 0.25) is 0 Å². The second kappa shape index (κ2) is 4.64. The summed E-state index contributed by atoms with van der Waals surface area (Å²) in [4.78, 5) is 14.8. The molecular formula is C8H17N3O. The van der Waals surface area contributed by atoms with Crippen LogP contribution in [0.4, 0.5) is 0 Å². The lowest BCUT2D eigenvalue weighted by Crippen LogP contribution is -2.31. The summed E-state index contributed by atoms with van der Waals surface area (Å²) in [7, 11) is 8.91. The van der Waals surface area contributed by atoms with Gasteiger partial charge in [0.1, 0.15) is 5.70 Å². The molecule has 4 nitrogen and oxygen atoms in total. The van der Waals surface area contributed by atoms with E-state index in [1.807, 2.05) is 14.1 Å². The van der Waals surface area contributed by atoms with Crippen LogP contribution in [-0.2, 0) is 4.79 Å². The number of amides is 1. The molecule has 0 radical (unpaired) electrons. The van der Waals surface area contributed by atoms with Crippen LogP contribution in [0.15, 0.2) is 11.9 Å². The van der Waals surface area contributed by atoms with Crippen molar-refractivity contribution < 1.29 is 4.79 Å². The summed E-state index contributed by atoms with van der Waals surface area (Å²) >= 11 is 0. The van der Waals surface area contributed by atoms with E-state index in [-0.39, 0.29) is 5.91 Å². The molecule has 0 aliphatic carbocycles. The highest BCUT2D eigenvalue weighted by Gasteiger charge is 2.12. The van der Waals surface area contributed by atoms with E-state index in [9.17, 15) is 4.79 Å². The van der Waals surface area contributed by atoms with Gasteiger partial charge in [0.25, 0.3) is 5.91 Å². The van der Waals surface area contributed by atoms with Crippen molar-refractivity contribution in [2.75, 3.05) is 35.2 Å². The quantitative estimate of drug-likeness (QED) is 0.592. The van der Waals surface area contributed by atoms with Crippen molar-refractivity contribution in [2.45, 2.75) is 0 Å². The molecule has 70 valence electrons. The highest BCUT2D eigenvalue weighted by molar-refractivity contribution is 5.92. The molecule has 0 fully saturated rings. The number of nitrogens with one attached hydrogen (secondary N) is 1.